The molecular weight excluding hydrogens is 250 g/mol. The van der Waals surface area contributed by atoms with Gasteiger partial charge in [0.25, 0.3) is 5.91 Å². The molecule has 1 aromatic carbocycles. The summed E-state index contributed by atoms with van der Waals surface area (Å²) in [5.74, 6) is 2.84. The van der Waals surface area contributed by atoms with Gasteiger partial charge in [0.1, 0.15) is 5.75 Å². The number of benzene rings is 1. The molecule has 1 N–H and O–H groups in total. The Morgan fingerprint density at radius 2 is 2.28 bits per heavy atom. The predicted molar refractivity (Wildman–Crippen MR) is 70.6 cm³/mol. The van der Waals surface area contributed by atoms with Gasteiger partial charge in [-0.05, 0) is 37.0 Å². The second-order valence-corrected chi connectivity index (χ2v) is 4.90. The molecular formula is C14H14ClNO2. The summed E-state index contributed by atoms with van der Waals surface area (Å²) in [6.45, 7) is 0.927. The number of rotatable bonds is 4. The van der Waals surface area contributed by atoms with Gasteiger partial charge in [0.15, 0.2) is 0 Å². The van der Waals surface area contributed by atoms with E-state index in [2.05, 4.69) is 5.92 Å². The molecule has 3 nitrogen and oxygen atoms in total. The molecule has 0 atom stereocenters. The summed E-state index contributed by atoms with van der Waals surface area (Å²) >= 11 is 5.98. The molecule has 18 heavy (non-hydrogen) atoms. The molecule has 1 aliphatic rings. The van der Waals surface area contributed by atoms with Crippen LogP contribution in [0.4, 0.5) is 0 Å². The largest absolute Gasteiger partial charge is 0.508 e. The van der Waals surface area contributed by atoms with Crippen molar-refractivity contribution in [3.63, 3.8) is 0 Å². The van der Waals surface area contributed by atoms with E-state index in [0.29, 0.717) is 23.0 Å². The maximum atomic E-state index is 12.3. The third-order valence-electron chi connectivity index (χ3n) is 2.93. The lowest BCUT2D eigenvalue weighted by Gasteiger charge is -2.20. The molecule has 0 saturated heterocycles. The lowest BCUT2D eigenvalue weighted by atomic mass is 10.1. The van der Waals surface area contributed by atoms with Gasteiger partial charge in [-0.15, -0.1) is 6.42 Å². The van der Waals surface area contributed by atoms with Crippen molar-refractivity contribution >= 4 is 17.5 Å². The normalized spacial score (nSPS) is 14.0. The molecule has 4 heteroatoms. The van der Waals surface area contributed by atoms with Crippen LogP contribution in [0.1, 0.15) is 23.2 Å². The van der Waals surface area contributed by atoms with Gasteiger partial charge in [-0.25, -0.2) is 0 Å². The van der Waals surface area contributed by atoms with Crippen LogP contribution in [0.5, 0.6) is 5.75 Å². The summed E-state index contributed by atoms with van der Waals surface area (Å²) in [5, 5.41) is 9.75. The Morgan fingerprint density at radius 1 is 1.56 bits per heavy atom. The van der Waals surface area contributed by atoms with Crippen molar-refractivity contribution in [2.24, 2.45) is 5.92 Å². The number of hydrogen-bond donors (Lipinski definition) is 1. The molecule has 0 spiro atoms. The SMILES string of the molecule is C#CCN(CC1CC1)C(=O)c1cc(O)ccc1Cl. The highest BCUT2D eigenvalue weighted by atomic mass is 35.5. The van der Waals surface area contributed by atoms with E-state index in [9.17, 15) is 9.90 Å². The number of aromatic hydroxyl groups is 1. The number of carbonyl (C=O) groups is 1. The first-order valence-corrected chi connectivity index (χ1v) is 6.21. The standard InChI is InChI=1S/C14H14ClNO2/c1-2-7-16(9-10-3-4-10)14(18)12-8-11(17)5-6-13(12)15/h1,5-6,8,10,17H,3-4,7,9H2. The molecule has 1 amide bonds. The van der Waals surface area contributed by atoms with Crippen molar-refractivity contribution in [2.75, 3.05) is 13.1 Å². The molecule has 0 radical (unpaired) electrons. The fourth-order valence-electron chi connectivity index (χ4n) is 1.79. The van der Waals surface area contributed by atoms with Crippen LogP contribution in [-0.2, 0) is 0 Å². The number of hydrogen-bond acceptors (Lipinski definition) is 2. The number of phenolic OH excluding ortho intramolecular Hbond substituents is 1. The molecule has 2 rings (SSSR count). The van der Waals surface area contributed by atoms with E-state index in [-0.39, 0.29) is 18.2 Å². The Kier molecular flexibility index (Phi) is 3.78. The molecule has 1 fully saturated rings. The van der Waals surface area contributed by atoms with Gasteiger partial charge in [0.2, 0.25) is 0 Å². The number of nitrogens with zero attached hydrogens (tertiary/aromatic N) is 1. The molecule has 0 unspecified atom stereocenters. The van der Waals surface area contributed by atoms with Crippen molar-refractivity contribution in [2.45, 2.75) is 12.8 Å². The summed E-state index contributed by atoms with van der Waals surface area (Å²) in [4.78, 5) is 13.9. The van der Waals surface area contributed by atoms with Gasteiger partial charge in [-0.2, -0.15) is 0 Å². The minimum absolute atomic E-state index is 0.0230. The average molecular weight is 264 g/mol. The number of amides is 1. The van der Waals surface area contributed by atoms with Crippen molar-refractivity contribution in [1.29, 1.82) is 0 Å². The van der Waals surface area contributed by atoms with Crippen LogP contribution in [0, 0.1) is 18.3 Å². The van der Waals surface area contributed by atoms with E-state index in [0.717, 1.165) is 12.8 Å². The lowest BCUT2D eigenvalue weighted by molar-refractivity contribution is 0.0769. The number of carbonyl (C=O) groups excluding carboxylic acids is 1. The van der Waals surface area contributed by atoms with E-state index < -0.39 is 0 Å². The monoisotopic (exact) mass is 263 g/mol. The quantitative estimate of drug-likeness (QED) is 0.848. The molecule has 94 valence electrons. The van der Waals surface area contributed by atoms with Crippen LogP contribution in [-0.4, -0.2) is 29.0 Å². The van der Waals surface area contributed by atoms with Crippen molar-refractivity contribution in [1.82, 2.24) is 4.90 Å². The zero-order valence-corrected chi connectivity index (χ0v) is 10.7. The second-order valence-electron chi connectivity index (χ2n) is 4.50. The second kappa shape index (κ2) is 5.32. The Hall–Kier alpha value is -1.66. The third-order valence-corrected chi connectivity index (χ3v) is 3.25. The summed E-state index contributed by atoms with van der Waals surface area (Å²) < 4.78 is 0. The minimum Gasteiger partial charge on any atom is -0.508 e. The molecule has 1 aromatic rings. The zero-order chi connectivity index (χ0) is 13.1. The Morgan fingerprint density at radius 3 is 2.89 bits per heavy atom. The summed E-state index contributed by atoms with van der Waals surface area (Å²) in [6.07, 6.45) is 7.57. The summed E-state index contributed by atoms with van der Waals surface area (Å²) in [7, 11) is 0. The van der Waals surface area contributed by atoms with Crippen LogP contribution in [0.15, 0.2) is 18.2 Å². The average Bonchev–Trinajstić information content (AvgIpc) is 3.15. The Balaban J connectivity index is 2.20. The molecule has 1 saturated carbocycles. The Labute approximate surface area is 111 Å². The first kappa shape index (κ1) is 12.8. The van der Waals surface area contributed by atoms with Crippen molar-refractivity contribution in [3.05, 3.63) is 28.8 Å². The topological polar surface area (TPSA) is 40.5 Å². The van der Waals surface area contributed by atoms with E-state index in [1.54, 1.807) is 4.90 Å². The predicted octanol–water partition coefficient (Wildman–Crippen LogP) is 2.53. The van der Waals surface area contributed by atoms with Gasteiger partial charge in [0, 0.05) is 6.54 Å². The first-order valence-electron chi connectivity index (χ1n) is 5.83. The summed E-state index contributed by atoms with van der Waals surface area (Å²) in [6, 6.07) is 4.34. The number of terminal acetylenes is 1. The highest BCUT2D eigenvalue weighted by Gasteiger charge is 2.27. The van der Waals surface area contributed by atoms with E-state index in [4.69, 9.17) is 18.0 Å². The highest BCUT2D eigenvalue weighted by Crippen LogP contribution is 2.31. The molecule has 0 aromatic heterocycles. The highest BCUT2D eigenvalue weighted by molar-refractivity contribution is 6.33. The van der Waals surface area contributed by atoms with Crippen molar-refractivity contribution in [3.8, 4) is 18.1 Å². The van der Waals surface area contributed by atoms with Crippen LogP contribution in [0.25, 0.3) is 0 Å². The Bertz CT molecular complexity index is 503. The van der Waals surface area contributed by atoms with Gasteiger partial charge in [-0.1, -0.05) is 17.5 Å². The van der Waals surface area contributed by atoms with Crippen LogP contribution >= 0.6 is 11.6 Å². The van der Waals surface area contributed by atoms with E-state index >= 15 is 0 Å². The van der Waals surface area contributed by atoms with Crippen molar-refractivity contribution < 1.29 is 9.90 Å². The van der Waals surface area contributed by atoms with Crippen LogP contribution < -0.4 is 0 Å². The molecule has 0 bridgehead atoms. The third kappa shape index (κ3) is 2.96. The van der Waals surface area contributed by atoms with Gasteiger partial charge in [-0.3, -0.25) is 4.79 Å². The minimum atomic E-state index is -0.222. The molecule has 0 aliphatic heterocycles. The summed E-state index contributed by atoms with van der Waals surface area (Å²) in [5.41, 5.74) is 0.299. The number of phenols is 1. The number of halogens is 1. The van der Waals surface area contributed by atoms with Crippen LogP contribution in [0.2, 0.25) is 5.02 Å². The first-order chi connectivity index (χ1) is 8.61. The molecule has 1 aliphatic carbocycles. The zero-order valence-electron chi connectivity index (χ0n) is 9.90. The van der Waals surface area contributed by atoms with Gasteiger partial charge >= 0.3 is 0 Å². The smallest absolute Gasteiger partial charge is 0.256 e. The molecule has 0 heterocycles. The van der Waals surface area contributed by atoms with E-state index in [1.807, 2.05) is 0 Å². The maximum Gasteiger partial charge on any atom is 0.256 e. The fourth-order valence-corrected chi connectivity index (χ4v) is 1.99. The van der Waals surface area contributed by atoms with Gasteiger partial charge in [0.05, 0.1) is 17.1 Å². The lowest BCUT2D eigenvalue weighted by Crippen LogP contribution is -2.33. The van der Waals surface area contributed by atoms with E-state index in [1.165, 1.54) is 18.2 Å². The maximum absolute atomic E-state index is 12.3. The fraction of sp³-hybridized carbons (Fsp3) is 0.357. The van der Waals surface area contributed by atoms with Gasteiger partial charge < -0.3 is 10.0 Å². The van der Waals surface area contributed by atoms with Crippen LogP contribution in [0.3, 0.4) is 0 Å².